The Kier molecular flexibility index (Phi) is 2.99. The van der Waals surface area contributed by atoms with Crippen LogP contribution >= 0.6 is 0 Å². The Morgan fingerprint density at radius 1 is 1.42 bits per heavy atom. The van der Waals surface area contributed by atoms with Gasteiger partial charge in [-0.1, -0.05) is 6.92 Å². The van der Waals surface area contributed by atoms with E-state index in [-0.39, 0.29) is 6.04 Å². The lowest BCUT2D eigenvalue weighted by atomic mass is 10.2. The number of nitrogens with zero attached hydrogens (tertiary/aromatic N) is 1. The van der Waals surface area contributed by atoms with E-state index < -0.39 is 12.7 Å². The summed E-state index contributed by atoms with van der Waals surface area (Å²) in [4.78, 5) is 1.54. The van der Waals surface area contributed by atoms with Crippen LogP contribution in [-0.2, 0) is 0 Å². The zero-order chi connectivity index (χ0) is 9.19. The minimum atomic E-state index is -4.03. The Bertz CT molecular complexity index is 144. The van der Waals surface area contributed by atoms with Gasteiger partial charge in [-0.25, -0.2) is 0 Å². The summed E-state index contributed by atoms with van der Waals surface area (Å²) in [5.41, 5.74) is 0. The van der Waals surface area contributed by atoms with Crippen molar-refractivity contribution in [3.63, 3.8) is 0 Å². The zero-order valence-corrected chi connectivity index (χ0v) is 7.19. The molecule has 1 fully saturated rings. The predicted octanol–water partition coefficient (Wildman–Crippen LogP) is 2.42. The molecule has 0 aromatic carbocycles. The minimum absolute atomic E-state index is 0.159. The van der Waals surface area contributed by atoms with E-state index in [1.807, 2.05) is 6.92 Å². The SMILES string of the molecule is CC[C@H]1CCCN1CC(F)(F)F. The standard InChI is InChI=1S/C8H14F3N/c1-2-7-4-3-5-12(7)6-8(9,10)11/h7H,2-6H2,1H3/t7-/m0/s1. The van der Waals surface area contributed by atoms with E-state index in [4.69, 9.17) is 0 Å². The first-order valence-corrected chi connectivity index (χ1v) is 4.33. The van der Waals surface area contributed by atoms with Gasteiger partial charge < -0.3 is 0 Å². The van der Waals surface area contributed by atoms with Crippen LogP contribution in [0, 0.1) is 0 Å². The average molecular weight is 181 g/mol. The maximum Gasteiger partial charge on any atom is 0.401 e. The first-order chi connectivity index (χ1) is 5.53. The van der Waals surface area contributed by atoms with Crippen LogP contribution in [0.15, 0.2) is 0 Å². The van der Waals surface area contributed by atoms with E-state index in [0.717, 1.165) is 19.3 Å². The summed E-state index contributed by atoms with van der Waals surface area (Å²) >= 11 is 0. The van der Waals surface area contributed by atoms with Gasteiger partial charge in [0, 0.05) is 6.04 Å². The summed E-state index contributed by atoms with van der Waals surface area (Å²) in [5, 5.41) is 0. The smallest absolute Gasteiger partial charge is 0.292 e. The van der Waals surface area contributed by atoms with Crippen molar-refractivity contribution in [3.8, 4) is 0 Å². The number of alkyl halides is 3. The second-order valence-corrected chi connectivity index (χ2v) is 3.29. The van der Waals surface area contributed by atoms with Gasteiger partial charge in [0.25, 0.3) is 0 Å². The topological polar surface area (TPSA) is 3.24 Å². The van der Waals surface area contributed by atoms with Crippen molar-refractivity contribution in [1.29, 1.82) is 0 Å². The summed E-state index contributed by atoms with van der Waals surface area (Å²) in [6, 6.07) is 0.159. The van der Waals surface area contributed by atoms with Crippen LogP contribution < -0.4 is 0 Å². The Hall–Kier alpha value is -0.250. The largest absolute Gasteiger partial charge is 0.401 e. The van der Waals surface area contributed by atoms with Gasteiger partial charge in [0.2, 0.25) is 0 Å². The molecule has 0 aromatic heterocycles. The van der Waals surface area contributed by atoms with Gasteiger partial charge in [-0.05, 0) is 25.8 Å². The van der Waals surface area contributed by atoms with E-state index in [1.54, 1.807) is 4.90 Å². The number of hydrogen-bond acceptors (Lipinski definition) is 1. The summed E-state index contributed by atoms with van der Waals surface area (Å²) in [5.74, 6) is 0. The monoisotopic (exact) mass is 181 g/mol. The maximum atomic E-state index is 12.0. The number of likely N-dealkylation sites (tertiary alicyclic amines) is 1. The van der Waals surface area contributed by atoms with E-state index in [9.17, 15) is 13.2 Å². The van der Waals surface area contributed by atoms with Gasteiger partial charge in [0.15, 0.2) is 0 Å². The Labute approximate surface area is 70.5 Å². The molecule has 0 unspecified atom stereocenters. The van der Waals surface area contributed by atoms with Crippen LogP contribution in [0.1, 0.15) is 26.2 Å². The Balaban J connectivity index is 2.41. The van der Waals surface area contributed by atoms with Crippen molar-refractivity contribution in [1.82, 2.24) is 4.90 Å². The van der Waals surface area contributed by atoms with Crippen molar-refractivity contribution in [2.75, 3.05) is 13.1 Å². The lowest BCUT2D eigenvalue weighted by Gasteiger charge is -2.24. The van der Waals surface area contributed by atoms with Crippen LogP contribution in [0.2, 0.25) is 0 Å². The first-order valence-electron chi connectivity index (χ1n) is 4.33. The quantitative estimate of drug-likeness (QED) is 0.632. The van der Waals surface area contributed by atoms with Crippen molar-refractivity contribution < 1.29 is 13.2 Å². The van der Waals surface area contributed by atoms with Gasteiger partial charge in [-0.2, -0.15) is 13.2 Å². The van der Waals surface area contributed by atoms with Gasteiger partial charge in [0.1, 0.15) is 0 Å². The molecule has 12 heavy (non-hydrogen) atoms. The second kappa shape index (κ2) is 3.64. The summed E-state index contributed by atoms with van der Waals surface area (Å²) < 4.78 is 35.9. The number of rotatable bonds is 2. The van der Waals surface area contributed by atoms with Crippen LogP contribution in [0.5, 0.6) is 0 Å². The molecule has 1 nitrogen and oxygen atoms in total. The molecule has 0 saturated carbocycles. The summed E-state index contributed by atoms with van der Waals surface area (Å²) in [6.45, 7) is 1.82. The summed E-state index contributed by atoms with van der Waals surface area (Å²) in [6.07, 6.45) is -1.37. The van der Waals surface area contributed by atoms with E-state index >= 15 is 0 Å². The molecule has 0 aromatic rings. The lowest BCUT2D eigenvalue weighted by molar-refractivity contribution is -0.147. The third kappa shape index (κ3) is 2.66. The fourth-order valence-electron chi connectivity index (χ4n) is 1.80. The first kappa shape index (κ1) is 9.84. The van der Waals surface area contributed by atoms with E-state index in [0.29, 0.717) is 6.54 Å². The third-order valence-corrected chi connectivity index (χ3v) is 2.35. The molecule has 1 saturated heterocycles. The highest BCUT2D eigenvalue weighted by atomic mass is 19.4. The highest BCUT2D eigenvalue weighted by Crippen LogP contribution is 2.25. The third-order valence-electron chi connectivity index (χ3n) is 2.35. The molecule has 4 heteroatoms. The molecule has 0 bridgehead atoms. The fourth-order valence-corrected chi connectivity index (χ4v) is 1.80. The van der Waals surface area contributed by atoms with Gasteiger partial charge in [-0.3, -0.25) is 4.90 Å². The predicted molar refractivity (Wildman–Crippen MR) is 40.9 cm³/mol. The highest BCUT2D eigenvalue weighted by Gasteiger charge is 2.35. The van der Waals surface area contributed by atoms with Gasteiger partial charge >= 0.3 is 6.18 Å². The normalized spacial score (nSPS) is 26.5. The van der Waals surface area contributed by atoms with E-state index in [1.165, 1.54) is 0 Å². The van der Waals surface area contributed by atoms with Crippen molar-refractivity contribution in [2.24, 2.45) is 0 Å². The Morgan fingerprint density at radius 2 is 2.08 bits per heavy atom. The van der Waals surface area contributed by atoms with Crippen molar-refractivity contribution >= 4 is 0 Å². The summed E-state index contributed by atoms with van der Waals surface area (Å²) in [7, 11) is 0. The van der Waals surface area contributed by atoms with Crippen LogP contribution in [0.25, 0.3) is 0 Å². The lowest BCUT2D eigenvalue weighted by Crippen LogP contribution is -2.37. The molecule has 0 spiro atoms. The molecular weight excluding hydrogens is 167 g/mol. The molecule has 1 aliphatic rings. The van der Waals surface area contributed by atoms with E-state index in [2.05, 4.69) is 0 Å². The van der Waals surface area contributed by atoms with Crippen molar-refractivity contribution in [2.45, 2.75) is 38.4 Å². The van der Waals surface area contributed by atoms with Crippen molar-refractivity contribution in [3.05, 3.63) is 0 Å². The molecule has 0 aliphatic carbocycles. The molecular formula is C8H14F3N. The van der Waals surface area contributed by atoms with Gasteiger partial charge in [-0.15, -0.1) is 0 Å². The van der Waals surface area contributed by atoms with Gasteiger partial charge in [0.05, 0.1) is 6.54 Å². The molecule has 0 radical (unpaired) electrons. The van der Waals surface area contributed by atoms with Crippen LogP contribution in [0.3, 0.4) is 0 Å². The molecule has 1 aliphatic heterocycles. The number of hydrogen-bond donors (Lipinski definition) is 0. The molecule has 72 valence electrons. The molecule has 1 rings (SSSR count). The second-order valence-electron chi connectivity index (χ2n) is 3.29. The molecule has 0 N–H and O–H groups in total. The fraction of sp³-hybridized carbons (Fsp3) is 1.00. The van der Waals surface area contributed by atoms with Crippen LogP contribution in [0.4, 0.5) is 13.2 Å². The number of halogens is 3. The zero-order valence-electron chi connectivity index (χ0n) is 7.19. The Morgan fingerprint density at radius 3 is 2.58 bits per heavy atom. The molecule has 1 atom stereocenters. The van der Waals surface area contributed by atoms with Crippen LogP contribution in [-0.4, -0.2) is 30.2 Å². The average Bonchev–Trinajstić information content (AvgIpc) is 2.31. The molecule has 0 amide bonds. The molecule has 1 heterocycles. The maximum absolute atomic E-state index is 12.0. The minimum Gasteiger partial charge on any atom is -0.292 e. The highest BCUT2D eigenvalue weighted by molar-refractivity contribution is 4.79.